The first kappa shape index (κ1) is 12.8. The zero-order valence-electron chi connectivity index (χ0n) is 10.4. The summed E-state index contributed by atoms with van der Waals surface area (Å²) in [6.07, 6.45) is 2.55. The molecule has 0 aliphatic rings. The fourth-order valence-electron chi connectivity index (χ4n) is 2.16. The summed E-state index contributed by atoms with van der Waals surface area (Å²) in [5.41, 5.74) is 9.09. The van der Waals surface area contributed by atoms with Crippen molar-refractivity contribution in [3.8, 4) is 0 Å². The van der Waals surface area contributed by atoms with Crippen molar-refractivity contribution < 1.29 is 4.79 Å². The monoisotopic (exact) mass is 219 g/mol. The molecule has 0 aliphatic heterocycles. The summed E-state index contributed by atoms with van der Waals surface area (Å²) in [5.74, 6) is 0.0711. The Labute approximate surface area is 97.9 Å². The normalized spacial score (nSPS) is 12.4. The predicted molar refractivity (Wildman–Crippen MR) is 67.4 cm³/mol. The highest BCUT2D eigenvalue weighted by molar-refractivity contribution is 5.74. The molecule has 0 radical (unpaired) electrons. The zero-order valence-corrected chi connectivity index (χ0v) is 10.4. The van der Waals surface area contributed by atoms with Gasteiger partial charge in [-0.05, 0) is 37.3 Å². The SMILES string of the molecule is CCCC(CC(N)=O)c1cc(C)ccc1C. The van der Waals surface area contributed by atoms with Gasteiger partial charge in [-0.2, -0.15) is 0 Å². The molecule has 0 saturated heterocycles. The van der Waals surface area contributed by atoms with Gasteiger partial charge in [0.2, 0.25) is 5.91 Å². The first-order chi connectivity index (χ1) is 7.54. The van der Waals surface area contributed by atoms with Gasteiger partial charge in [-0.25, -0.2) is 0 Å². The Morgan fingerprint density at radius 3 is 2.62 bits per heavy atom. The van der Waals surface area contributed by atoms with Gasteiger partial charge in [0, 0.05) is 6.42 Å². The molecule has 1 aromatic rings. The minimum absolute atomic E-state index is 0.209. The summed E-state index contributed by atoms with van der Waals surface area (Å²) in [7, 11) is 0. The van der Waals surface area contributed by atoms with Gasteiger partial charge in [-0.1, -0.05) is 37.1 Å². The van der Waals surface area contributed by atoms with Crippen molar-refractivity contribution >= 4 is 5.91 Å². The molecule has 1 amide bonds. The molecule has 1 atom stereocenters. The number of hydrogen-bond acceptors (Lipinski definition) is 1. The lowest BCUT2D eigenvalue weighted by molar-refractivity contribution is -0.118. The van der Waals surface area contributed by atoms with Crippen LogP contribution in [0.4, 0.5) is 0 Å². The number of primary amides is 1. The Balaban J connectivity index is 2.99. The van der Waals surface area contributed by atoms with Gasteiger partial charge in [0.1, 0.15) is 0 Å². The Morgan fingerprint density at radius 2 is 2.06 bits per heavy atom. The Bertz CT molecular complexity index is 371. The summed E-state index contributed by atoms with van der Waals surface area (Å²) in [4.78, 5) is 11.1. The number of rotatable bonds is 5. The molecule has 1 unspecified atom stereocenters. The molecule has 0 bridgehead atoms. The molecule has 2 N–H and O–H groups in total. The molecule has 88 valence electrons. The predicted octanol–water partition coefficient (Wildman–Crippen LogP) is 3.06. The molecule has 1 rings (SSSR count). The van der Waals surface area contributed by atoms with Crippen molar-refractivity contribution in [1.82, 2.24) is 0 Å². The molecule has 0 fully saturated rings. The Hall–Kier alpha value is -1.31. The number of carbonyl (C=O) groups is 1. The molecule has 16 heavy (non-hydrogen) atoms. The molecular weight excluding hydrogens is 198 g/mol. The number of carbonyl (C=O) groups excluding carboxylic acids is 1. The average molecular weight is 219 g/mol. The second-order valence-electron chi connectivity index (χ2n) is 4.52. The zero-order chi connectivity index (χ0) is 12.1. The van der Waals surface area contributed by atoms with Crippen LogP contribution in [0.2, 0.25) is 0 Å². The molecule has 0 aliphatic carbocycles. The van der Waals surface area contributed by atoms with Crippen LogP contribution in [-0.2, 0) is 4.79 Å². The lowest BCUT2D eigenvalue weighted by Gasteiger charge is -2.18. The quantitative estimate of drug-likeness (QED) is 0.812. The van der Waals surface area contributed by atoms with E-state index < -0.39 is 0 Å². The molecular formula is C14H21NO. The fourth-order valence-corrected chi connectivity index (χ4v) is 2.16. The highest BCUT2D eigenvalue weighted by atomic mass is 16.1. The van der Waals surface area contributed by atoms with E-state index in [1.807, 2.05) is 0 Å². The number of benzene rings is 1. The van der Waals surface area contributed by atoms with Gasteiger partial charge >= 0.3 is 0 Å². The summed E-state index contributed by atoms with van der Waals surface area (Å²) in [6, 6.07) is 6.40. The van der Waals surface area contributed by atoms with Crippen LogP contribution in [0.15, 0.2) is 18.2 Å². The van der Waals surface area contributed by atoms with E-state index in [1.165, 1.54) is 16.7 Å². The van der Waals surface area contributed by atoms with Crippen LogP contribution in [0.1, 0.15) is 48.8 Å². The van der Waals surface area contributed by atoms with E-state index in [1.54, 1.807) is 0 Å². The van der Waals surface area contributed by atoms with E-state index in [0.717, 1.165) is 12.8 Å². The summed E-state index contributed by atoms with van der Waals surface area (Å²) in [5, 5.41) is 0. The average Bonchev–Trinajstić information content (AvgIpc) is 2.20. The molecule has 1 aromatic carbocycles. The van der Waals surface area contributed by atoms with Gasteiger partial charge in [0.15, 0.2) is 0 Å². The van der Waals surface area contributed by atoms with E-state index in [0.29, 0.717) is 6.42 Å². The van der Waals surface area contributed by atoms with Crippen LogP contribution in [0.3, 0.4) is 0 Å². The van der Waals surface area contributed by atoms with Crippen LogP contribution in [0.5, 0.6) is 0 Å². The lowest BCUT2D eigenvalue weighted by atomic mass is 9.87. The van der Waals surface area contributed by atoms with Crippen molar-refractivity contribution in [2.24, 2.45) is 5.73 Å². The second kappa shape index (κ2) is 5.69. The number of hydrogen-bond donors (Lipinski definition) is 1. The first-order valence-corrected chi connectivity index (χ1v) is 5.90. The third-order valence-corrected chi connectivity index (χ3v) is 2.96. The van der Waals surface area contributed by atoms with Crippen LogP contribution >= 0.6 is 0 Å². The van der Waals surface area contributed by atoms with Crippen LogP contribution in [0, 0.1) is 13.8 Å². The van der Waals surface area contributed by atoms with Gasteiger partial charge in [-0.3, -0.25) is 4.79 Å². The topological polar surface area (TPSA) is 43.1 Å². The number of nitrogens with two attached hydrogens (primary N) is 1. The standard InChI is InChI=1S/C14H21NO/c1-4-5-12(9-14(15)16)13-8-10(2)6-7-11(13)3/h6-8,12H,4-5,9H2,1-3H3,(H2,15,16). The largest absolute Gasteiger partial charge is 0.370 e. The van der Waals surface area contributed by atoms with Crippen molar-refractivity contribution in [3.05, 3.63) is 34.9 Å². The lowest BCUT2D eigenvalue weighted by Crippen LogP contribution is -2.16. The van der Waals surface area contributed by atoms with Crippen molar-refractivity contribution in [2.75, 3.05) is 0 Å². The molecule has 2 heteroatoms. The maximum absolute atomic E-state index is 11.1. The van der Waals surface area contributed by atoms with E-state index in [2.05, 4.69) is 39.0 Å². The van der Waals surface area contributed by atoms with Gasteiger partial charge in [-0.15, -0.1) is 0 Å². The second-order valence-corrected chi connectivity index (χ2v) is 4.52. The fraction of sp³-hybridized carbons (Fsp3) is 0.500. The van der Waals surface area contributed by atoms with Gasteiger partial charge < -0.3 is 5.73 Å². The Kier molecular flexibility index (Phi) is 4.53. The minimum atomic E-state index is -0.209. The van der Waals surface area contributed by atoms with E-state index in [-0.39, 0.29) is 11.8 Å². The van der Waals surface area contributed by atoms with Crippen LogP contribution in [-0.4, -0.2) is 5.91 Å². The maximum Gasteiger partial charge on any atom is 0.218 e. The molecule has 0 saturated carbocycles. The third kappa shape index (κ3) is 3.37. The van der Waals surface area contributed by atoms with Crippen LogP contribution < -0.4 is 5.73 Å². The van der Waals surface area contributed by atoms with Crippen molar-refractivity contribution in [2.45, 2.75) is 46.0 Å². The van der Waals surface area contributed by atoms with Crippen LogP contribution in [0.25, 0.3) is 0 Å². The minimum Gasteiger partial charge on any atom is -0.370 e. The molecule has 0 aromatic heterocycles. The van der Waals surface area contributed by atoms with E-state index >= 15 is 0 Å². The number of amides is 1. The maximum atomic E-state index is 11.1. The highest BCUT2D eigenvalue weighted by Crippen LogP contribution is 2.28. The van der Waals surface area contributed by atoms with Crippen molar-refractivity contribution in [1.29, 1.82) is 0 Å². The summed E-state index contributed by atoms with van der Waals surface area (Å²) in [6.45, 7) is 6.31. The smallest absolute Gasteiger partial charge is 0.218 e. The third-order valence-electron chi connectivity index (χ3n) is 2.96. The van der Waals surface area contributed by atoms with Gasteiger partial charge in [0.25, 0.3) is 0 Å². The van der Waals surface area contributed by atoms with Gasteiger partial charge in [0.05, 0.1) is 0 Å². The summed E-state index contributed by atoms with van der Waals surface area (Å²) >= 11 is 0. The summed E-state index contributed by atoms with van der Waals surface area (Å²) < 4.78 is 0. The highest BCUT2D eigenvalue weighted by Gasteiger charge is 2.15. The van der Waals surface area contributed by atoms with E-state index in [9.17, 15) is 4.79 Å². The van der Waals surface area contributed by atoms with E-state index in [4.69, 9.17) is 5.73 Å². The first-order valence-electron chi connectivity index (χ1n) is 5.90. The molecule has 0 spiro atoms. The number of aryl methyl sites for hydroxylation is 2. The van der Waals surface area contributed by atoms with Crippen molar-refractivity contribution in [3.63, 3.8) is 0 Å². The Morgan fingerprint density at radius 1 is 1.38 bits per heavy atom. The molecule has 0 heterocycles. The molecule has 2 nitrogen and oxygen atoms in total.